The predicted octanol–water partition coefficient (Wildman–Crippen LogP) is 6.00. The van der Waals surface area contributed by atoms with Gasteiger partial charge in [0, 0.05) is 21.0 Å². The number of hydrogen-bond donors (Lipinski definition) is 1. The van der Waals surface area contributed by atoms with Crippen LogP contribution in [0.2, 0.25) is 0 Å². The molecule has 162 valence electrons. The van der Waals surface area contributed by atoms with Crippen molar-refractivity contribution in [1.29, 1.82) is 5.26 Å². The van der Waals surface area contributed by atoms with Crippen molar-refractivity contribution >= 4 is 40.8 Å². The van der Waals surface area contributed by atoms with Crippen molar-refractivity contribution in [3.8, 4) is 11.8 Å². The Morgan fingerprint density at radius 1 is 1.12 bits per heavy atom. The summed E-state index contributed by atoms with van der Waals surface area (Å²) in [5.41, 5.74) is 4.00. The summed E-state index contributed by atoms with van der Waals surface area (Å²) in [4.78, 5) is 17.1. The van der Waals surface area contributed by atoms with E-state index in [1.807, 2.05) is 49.0 Å². The lowest BCUT2D eigenvalue weighted by Crippen LogP contribution is -2.28. The van der Waals surface area contributed by atoms with E-state index in [4.69, 9.17) is 4.74 Å². The van der Waals surface area contributed by atoms with Crippen molar-refractivity contribution in [2.75, 3.05) is 29.1 Å². The highest BCUT2D eigenvalue weighted by Crippen LogP contribution is 2.39. The van der Waals surface area contributed by atoms with Crippen LogP contribution in [0.15, 0.2) is 70.5 Å². The Labute approximate surface area is 196 Å². The van der Waals surface area contributed by atoms with Gasteiger partial charge in [0.2, 0.25) is 0 Å². The third-order valence-corrected chi connectivity index (χ3v) is 7.25. The first-order chi connectivity index (χ1) is 15.7. The van der Waals surface area contributed by atoms with E-state index in [9.17, 15) is 10.1 Å². The minimum absolute atomic E-state index is 0.0868. The topological polar surface area (TPSA) is 65.4 Å². The van der Waals surface area contributed by atoms with E-state index in [-0.39, 0.29) is 5.91 Å². The first kappa shape index (κ1) is 22.1. The minimum atomic E-state index is -0.0868. The normalized spacial score (nSPS) is 13.2. The number of fused-ring (bicyclic) bond motifs is 2. The number of ether oxygens (including phenoxy) is 1. The maximum Gasteiger partial charge on any atom is 0.259 e. The highest BCUT2D eigenvalue weighted by atomic mass is 32.2. The number of methoxy groups -OCH3 is 1. The maximum atomic E-state index is 12.9. The van der Waals surface area contributed by atoms with Gasteiger partial charge in [-0.3, -0.25) is 9.69 Å². The standard InChI is InChI=1S/C18H16N2O2S.C7H7NS/c1-3-12-8-13(9-14(10-19)17(12)22-2)18(21)20-11-23-16-7-5-4-6-15(16)20;1-2-4-7-6(3-1)8-5-9-7/h4-9H,3,11H2,1-2H3;1-4,8H,5H2. The summed E-state index contributed by atoms with van der Waals surface area (Å²) in [7, 11) is 1.55. The molecule has 0 saturated carbocycles. The lowest BCUT2D eigenvalue weighted by molar-refractivity contribution is 0.0991. The molecule has 1 amide bonds. The first-order valence-corrected chi connectivity index (χ1v) is 12.2. The van der Waals surface area contributed by atoms with Crippen LogP contribution in [0.5, 0.6) is 5.75 Å². The quantitative estimate of drug-likeness (QED) is 0.516. The average Bonchev–Trinajstić information content (AvgIpc) is 3.50. The van der Waals surface area contributed by atoms with Crippen LogP contribution >= 0.6 is 23.5 Å². The van der Waals surface area contributed by atoms with E-state index in [1.165, 1.54) is 10.6 Å². The molecule has 0 saturated heterocycles. The molecule has 0 spiro atoms. The number of hydrogen-bond acceptors (Lipinski definition) is 6. The second-order valence-electron chi connectivity index (χ2n) is 7.12. The van der Waals surface area contributed by atoms with Gasteiger partial charge in [-0.2, -0.15) is 5.26 Å². The Balaban J connectivity index is 0.000000225. The van der Waals surface area contributed by atoms with E-state index in [0.717, 1.165) is 22.0 Å². The number of nitrogens with one attached hydrogen (secondary N) is 1. The number of benzene rings is 3. The van der Waals surface area contributed by atoms with Gasteiger partial charge < -0.3 is 10.1 Å². The molecule has 5 nitrogen and oxygen atoms in total. The minimum Gasteiger partial charge on any atom is -0.495 e. The summed E-state index contributed by atoms with van der Waals surface area (Å²) in [5.74, 6) is 2.09. The van der Waals surface area contributed by atoms with Crippen molar-refractivity contribution < 1.29 is 9.53 Å². The van der Waals surface area contributed by atoms with Crippen LogP contribution < -0.4 is 15.0 Å². The number of nitrogens with zero attached hydrogens (tertiary/aromatic N) is 2. The zero-order chi connectivity index (χ0) is 22.5. The Bertz CT molecular complexity index is 1170. The molecular formula is C25H23N3O2S2. The first-order valence-electron chi connectivity index (χ1n) is 10.3. The molecule has 3 aromatic rings. The van der Waals surface area contributed by atoms with Gasteiger partial charge in [0.05, 0.1) is 30.1 Å². The highest BCUT2D eigenvalue weighted by Gasteiger charge is 2.27. The molecule has 1 N–H and O–H groups in total. The summed E-state index contributed by atoms with van der Waals surface area (Å²) in [6.07, 6.45) is 0.699. The van der Waals surface area contributed by atoms with Crippen LogP contribution in [0.25, 0.3) is 0 Å². The molecule has 2 aliphatic rings. The van der Waals surface area contributed by atoms with Crippen molar-refractivity contribution in [2.24, 2.45) is 0 Å². The molecule has 0 radical (unpaired) electrons. The molecule has 32 heavy (non-hydrogen) atoms. The molecule has 7 heteroatoms. The summed E-state index contributed by atoms with van der Waals surface area (Å²) < 4.78 is 5.32. The van der Waals surface area contributed by atoms with E-state index in [1.54, 1.807) is 29.8 Å². The van der Waals surface area contributed by atoms with Crippen LogP contribution in [0, 0.1) is 11.3 Å². The van der Waals surface area contributed by atoms with E-state index >= 15 is 0 Å². The average molecular weight is 462 g/mol. The third kappa shape index (κ3) is 4.43. The molecule has 5 rings (SSSR count). The molecule has 3 aromatic carbocycles. The fourth-order valence-electron chi connectivity index (χ4n) is 3.66. The molecule has 0 aliphatic carbocycles. The Morgan fingerprint density at radius 3 is 2.59 bits per heavy atom. The van der Waals surface area contributed by atoms with Gasteiger partial charge in [-0.15, -0.1) is 23.5 Å². The highest BCUT2D eigenvalue weighted by molar-refractivity contribution is 8.00. The molecule has 0 bridgehead atoms. The molecule has 0 fully saturated rings. The van der Waals surface area contributed by atoms with Crippen molar-refractivity contribution in [3.05, 3.63) is 77.4 Å². The second kappa shape index (κ2) is 10.0. The summed E-state index contributed by atoms with van der Waals surface area (Å²) in [5, 5.41) is 12.6. The fourth-order valence-corrected chi connectivity index (χ4v) is 5.54. The van der Waals surface area contributed by atoms with Gasteiger partial charge >= 0.3 is 0 Å². The van der Waals surface area contributed by atoms with Crippen LogP contribution in [0.1, 0.15) is 28.4 Å². The number of amides is 1. The van der Waals surface area contributed by atoms with E-state index in [2.05, 4.69) is 35.7 Å². The number of aryl methyl sites for hydroxylation is 1. The number of carbonyl (C=O) groups excluding carboxylic acids is 1. The predicted molar refractivity (Wildman–Crippen MR) is 132 cm³/mol. The van der Waals surface area contributed by atoms with Crippen LogP contribution in [0.4, 0.5) is 11.4 Å². The number of carbonyl (C=O) groups is 1. The molecule has 0 unspecified atom stereocenters. The maximum absolute atomic E-state index is 12.9. The Kier molecular flexibility index (Phi) is 6.93. The van der Waals surface area contributed by atoms with Crippen molar-refractivity contribution in [2.45, 2.75) is 23.1 Å². The summed E-state index contributed by atoms with van der Waals surface area (Å²) in [6.45, 7) is 1.98. The lowest BCUT2D eigenvalue weighted by Gasteiger charge is -2.18. The second-order valence-corrected chi connectivity index (χ2v) is 9.12. The monoisotopic (exact) mass is 461 g/mol. The van der Waals surface area contributed by atoms with Crippen LogP contribution in [0.3, 0.4) is 0 Å². The van der Waals surface area contributed by atoms with Crippen LogP contribution in [-0.2, 0) is 6.42 Å². The van der Waals surface area contributed by atoms with Crippen LogP contribution in [-0.4, -0.2) is 24.8 Å². The molecule has 0 atom stereocenters. The SMILES string of the molecule is CCc1cc(C(=O)N2CSc3ccccc32)cc(C#N)c1OC.c1ccc2c(c1)NCS2. The smallest absolute Gasteiger partial charge is 0.259 e. The van der Waals surface area contributed by atoms with Gasteiger partial charge in [-0.25, -0.2) is 0 Å². The van der Waals surface area contributed by atoms with Gasteiger partial charge in [0.1, 0.15) is 11.8 Å². The molecule has 2 heterocycles. The zero-order valence-corrected chi connectivity index (χ0v) is 19.6. The van der Waals surface area contributed by atoms with Gasteiger partial charge in [0.15, 0.2) is 0 Å². The Hall–Kier alpha value is -3.08. The summed E-state index contributed by atoms with van der Waals surface area (Å²) >= 11 is 3.50. The number of thioether (sulfide) groups is 2. The lowest BCUT2D eigenvalue weighted by atomic mass is 10.0. The van der Waals surface area contributed by atoms with Crippen molar-refractivity contribution in [1.82, 2.24) is 0 Å². The zero-order valence-electron chi connectivity index (χ0n) is 17.9. The molecule has 2 aliphatic heterocycles. The van der Waals surface area contributed by atoms with Gasteiger partial charge in [-0.05, 0) is 48.4 Å². The Morgan fingerprint density at radius 2 is 1.88 bits per heavy atom. The van der Waals surface area contributed by atoms with E-state index < -0.39 is 0 Å². The fraction of sp³-hybridized carbons (Fsp3) is 0.200. The number of nitriles is 1. The molecular weight excluding hydrogens is 438 g/mol. The largest absolute Gasteiger partial charge is 0.495 e. The van der Waals surface area contributed by atoms with E-state index in [0.29, 0.717) is 29.2 Å². The third-order valence-electron chi connectivity index (χ3n) is 5.25. The number of rotatable bonds is 3. The number of para-hydroxylation sites is 2. The number of anilines is 2. The molecule has 0 aromatic heterocycles. The van der Waals surface area contributed by atoms with Crippen molar-refractivity contribution in [3.63, 3.8) is 0 Å². The van der Waals surface area contributed by atoms with Gasteiger partial charge in [0.25, 0.3) is 5.91 Å². The van der Waals surface area contributed by atoms with Gasteiger partial charge in [-0.1, -0.05) is 31.2 Å². The summed E-state index contributed by atoms with van der Waals surface area (Å²) in [6, 6.07) is 21.8.